The summed E-state index contributed by atoms with van der Waals surface area (Å²) >= 11 is 0. The van der Waals surface area contributed by atoms with Crippen molar-refractivity contribution < 1.29 is 14.6 Å². The molecule has 0 aliphatic rings. The zero-order chi connectivity index (χ0) is 10.4. The van der Waals surface area contributed by atoms with Gasteiger partial charge in [0.05, 0.1) is 0 Å². The van der Waals surface area contributed by atoms with Crippen molar-refractivity contribution in [2.75, 3.05) is 6.61 Å². The quantitative estimate of drug-likeness (QED) is 0.745. The predicted octanol–water partition coefficient (Wildman–Crippen LogP) is 1.97. The third-order valence-corrected chi connectivity index (χ3v) is 1.59. The molecule has 3 nitrogen and oxygen atoms in total. The van der Waals surface area contributed by atoms with E-state index in [0.29, 0.717) is 0 Å². The van der Waals surface area contributed by atoms with Gasteiger partial charge in [0.1, 0.15) is 12.4 Å². The Balaban J connectivity index is 2.44. The summed E-state index contributed by atoms with van der Waals surface area (Å²) in [5, 5.41) is 9.01. The summed E-state index contributed by atoms with van der Waals surface area (Å²) in [4.78, 5) is 10.4. The number of phenolic OH excluding ortho intramolecular Hbond substituents is 1. The third-order valence-electron chi connectivity index (χ3n) is 1.59. The van der Waals surface area contributed by atoms with E-state index < -0.39 is 0 Å². The maximum absolute atomic E-state index is 10.4. The molecule has 74 valence electrons. The number of esters is 1. The fourth-order valence-corrected chi connectivity index (χ4v) is 0.935. The molecule has 0 saturated carbocycles. The van der Waals surface area contributed by atoms with Crippen molar-refractivity contribution in [3.8, 4) is 5.75 Å². The molecule has 0 aliphatic heterocycles. The Bertz CT molecular complexity index is 325. The van der Waals surface area contributed by atoms with Crippen LogP contribution in [0, 0.1) is 0 Å². The zero-order valence-corrected chi connectivity index (χ0v) is 7.93. The molecule has 0 radical (unpaired) electrons. The van der Waals surface area contributed by atoms with Crippen LogP contribution in [0.3, 0.4) is 0 Å². The normalized spacial score (nSPS) is 10.4. The van der Waals surface area contributed by atoms with Crippen molar-refractivity contribution in [3.05, 3.63) is 35.9 Å². The molecule has 0 aromatic heterocycles. The van der Waals surface area contributed by atoms with E-state index in [9.17, 15) is 4.79 Å². The highest BCUT2D eigenvalue weighted by atomic mass is 16.5. The van der Waals surface area contributed by atoms with Crippen LogP contribution in [0.2, 0.25) is 0 Å². The second kappa shape index (κ2) is 5.07. The highest BCUT2D eigenvalue weighted by Crippen LogP contribution is 2.10. The van der Waals surface area contributed by atoms with E-state index in [1.54, 1.807) is 30.3 Å². The number of rotatable bonds is 3. The Kier molecular flexibility index (Phi) is 3.73. The molecular formula is C11H12O3. The van der Waals surface area contributed by atoms with Crippen LogP contribution in [0.4, 0.5) is 0 Å². The van der Waals surface area contributed by atoms with E-state index in [4.69, 9.17) is 9.84 Å². The van der Waals surface area contributed by atoms with Gasteiger partial charge in [-0.2, -0.15) is 0 Å². The number of ether oxygens (including phenoxy) is 1. The summed E-state index contributed by atoms with van der Waals surface area (Å²) in [6, 6.07) is 6.76. The molecule has 1 aromatic rings. The summed E-state index contributed by atoms with van der Waals surface area (Å²) in [5.74, 6) is -0.0532. The lowest BCUT2D eigenvalue weighted by Crippen LogP contribution is -1.97. The Hall–Kier alpha value is -1.77. The van der Waals surface area contributed by atoms with Gasteiger partial charge in [0.25, 0.3) is 0 Å². The van der Waals surface area contributed by atoms with Crippen molar-refractivity contribution in [1.29, 1.82) is 0 Å². The summed E-state index contributed by atoms with van der Waals surface area (Å²) < 4.78 is 4.71. The van der Waals surface area contributed by atoms with Crippen LogP contribution in [0.25, 0.3) is 6.08 Å². The number of aromatic hydroxyl groups is 1. The molecule has 0 bridgehead atoms. The molecule has 0 spiro atoms. The number of hydrogen-bond acceptors (Lipinski definition) is 3. The van der Waals surface area contributed by atoms with Gasteiger partial charge in [-0.05, 0) is 23.8 Å². The van der Waals surface area contributed by atoms with Gasteiger partial charge in [-0.25, -0.2) is 0 Å². The van der Waals surface area contributed by atoms with E-state index >= 15 is 0 Å². The smallest absolute Gasteiger partial charge is 0.302 e. The van der Waals surface area contributed by atoms with Gasteiger partial charge < -0.3 is 9.84 Å². The molecular weight excluding hydrogens is 180 g/mol. The van der Waals surface area contributed by atoms with Crippen LogP contribution in [0.1, 0.15) is 12.5 Å². The van der Waals surface area contributed by atoms with E-state index in [1.807, 2.05) is 6.08 Å². The maximum atomic E-state index is 10.4. The fourth-order valence-electron chi connectivity index (χ4n) is 0.935. The first-order chi connectivity index (χ1) is 6.68. The maximum Gasteiger partial charge on any atom is 0.302 e. The van der Waals surface area contributed by atoms with E-state index in [0.717, 1.165) is 5.56 Å². The van der Waals surface area contributed by atoms with Gasteiger partial charge in [-0.15, -0.1) is 0 Å². The number of phenols is 1. The SMILES string of the molecule is CC(=O)OC/C=C/c1ccc(O)cc1. The number of hydrogen-bond donors (Lipinski definition) is 1. The zero-order valence-electron chi connectivity index (χ0n) is 7.93. The van der Waals surface area contributed by atoms with Gasteiger partial charge in [0, 0.05) is 6.92 Å². The Morgan fingerprint density at radius 1 is 1.43 bits per heavy atom. The fraction of sp³-hybridized carbons (Fsp3) is 0.182. The predicted molar refractivity (Wildman–Crippen MR) is 53.8 cm³/mol. The Morgan fingerprint density at radius 2 is 2.07 bits per heavy atom. The molecule has 0 amide bonds. The first-order valence-corrected chi connectivity index (χ1v) is 4.27. The third kappa shape index (κ3) is 3.76. The minimum absolute atomic E-state index is 0.238. The van der Waals surface area contributed by atoms with Crippen molar-refractivity contribution in [1.82, 2.24) is 0 Å². The second-order valence-corrected chi connectivity index (χ2v) is 2.80. The molecule has 0 fully saturated rings. The first-order valence-electron chi connectivity index (χ1n) is 4.27. The largest absolute Gasteiger partial charge is 0.508 e. The first kappa shape index (κ1) is 10.3. The molecule has 0 unspecified atom stereocenters. The Labute approximate surface area is 82.6 Å². The van der Waals surface area contributed by atoms with Gasteiger partial charge >= 0.3 is 5.97 Å². The van der Waals surface area contributed by atoms with Gasteiger partial charge in [-0.1, -0.05) is 18.2 Å². The molecule has 3 heteroatoms. The van der Waals surface area contributed by atoms with Gasteiger partial charge in [-0.3, -0.25) is 4.79 Å². The average molecular weight is 192 g/mol. The van der Waals surface area contributed by atoms with Crippen molar-refractivity contribution in [2.45, 2.75) is 6.92 Å². The molecule has 1 aromatic carbocycles. The van der Waals surface area contributed by atoms with E-state index in [1.165, 1.54) is 6.92 Å². The van der Waals surface area contributed by atoms with Crippen LogP contribution >= 0.6 is 0 Å². The molecule has 0 atom stereocenters. The molecule has 1 N–H and O–H groups in total. The van der Waals surface area contributed by atoms with Gasteiger partial charge in [0.2, 0.25) is 0 Å². The second-order valence-electron chi connectivity index (χ2n) is 2.80. The lowest BCUT2D eigenvalue weighted by atomic mass is 10.2. The Morgan fingerprint density at radius 3 is 2.64 bits per heavy atom. The lowest BCUT2D eigenvalue weighted by Gasteiger charge is -1.96. The minimum atomic E-state index is -0.291. The van der Waals surface area contributed by atoms with Crippen molar-refractivity contribution >= 4 is 12.0 Å². The van der Waals surface area contributed by atoms with Crippen LogP contribution in [-0.2, 0) is 9.53 Å². The van der Waals surface area contributed by atoms with Gasteiger partial charge in [0.15, 0.2) is 0 Å². The number of carbonyl (C=O) groups is 1. The van der Waals surface area contributed by atoms with Crippen LogP contribution in [0.15, 0.2) is 30.3 Å². The molecule has 0 saturated heterocycles. The number of benzene rings is 1. The summed E-state index contributed by atoms with van der Waals surface area (Å²) in [6.45, 7) is 1.64. The molecule has 0 aliphatic carbocycles. The number of carbonyl (C=O) groups excluding carboxylic acids is 1. The monoisotopic (exact) mass is 192 g/mol. The van der Waals surface area contributed by atoms with Crippen molar-refractivity contribution in [3.63, 3.8) is 0 Å². The van der Waals surface area contributed by atoms with E-state index in [2.05, 4.69) is 0 Å². The van der Waals surface area contributed by atoms with Crippen LogP contribution in [0.5, 0.6) is 5.75 Å². The minimum Gasteiger partial charge on any atom is -0.508 e. The van der Waals surface area contributed by atoms with E-state index in [-0.39, 0.29) is 18.3 Å². The highest BCUT2D eigenvalue weighted by Gasteiger charge is 1.89. The van der Waals surface area contributed by atoms with Crippen LogP contribution in [-0.4, -0.2) is 17.7 Å². The summed E-state index contributed by atoms with van der Waals surface area (Å²) in [5.41, 5.74) is 0.954. The topological polar surface area (TPSA) is 46.5 Å². The standard InChI is InChI=1S/C11H12O3/c1-9(12)14-8-2-3-10-4-6-11(13)7-5-10/h2-7,13H,8H2,1H3/b3-2+. The molecule has 14 heavy (non-hydrogen) atoms. The lowest BCUT2D eigenvalue weighted by molar-refractivity contribution is -0.139. The summed E-state index contributed by atoms with van der Waals surface area (Å²) in [7, 11) is 0. The average Bonchev–Trinajstić information content (AvgIpc) is 2.15. The molecule has 0 heterocycles. The highest BCUT2D eigenvalue weighted by molar-refractivity contribution is 5.66. The molecule has 1 rings (SSSR count). The van der Waals surface area contributed by atoms with Crippen LogP contribution < -0.4 is 0 Å². The van der Waals surface area contributed by atoms with Crippen molar-refractivity contribution in [2.24, 2.45) is 0 Å². The summed E-state index contributed by atoms with van der Waals surface area (Å²) in [6.07, 6.45) is 3.57.